The topological polar surface area (TPSA) is 47.1 Å². The standard InChI is InChI=1S/C14H19FN4/c1-4-18(12-8-6-7-11(15)9-12)14-13(16)10(3)17-19(14)5-2/h6-9H,4-5,16H2,1-3H3. The van der Waals surface area contributed by atoms with E-state index in [9.17, 15) is 4.39 Å². The molecule has 1 heterocycles. The van der Waals surface area contributed by atoms with Gasteiger partial charge in [-0.2, -0.15) is 5.10 Å². The van der Waals surface area contributed by atoms with Crippen LogP contribution in [0.4, 0.5) is 21.6 Å². The van der Waals surface area contributed by atoms with Gasteiger partial charge in [-0.3, -0.25) is 0 Å². The van der Waals surface area contributed by atoms with Crippen LogP contribution >= 0.6 is 0 Å². The summed E-state index contributed by atoms with van der Waals surface area (Å²) in [6.45, 7) is 7.31. The van der Waals surface area contributed by atoms with Gasteiger partial charge in [0, 0.05) is 18.8 Å². The van der Waals surface area contributed by atoms with Crippen molar-refractivity contribution in [2.75, 3.05) is 17.2 Å². The summed E-state index contributed by atoms with van der Waals surface area (Å²) >= 11 is 0. The normalized spacial score (nSPS) is 10.7. The second-order valence-corrected chi connectivity index (χ2v) is 4.36. The molecular weight excluding hydrogens is 243 g/mol. The summed E-state index contributed by atoms with van der Waals surface area (Å²) in [6, 6.07) is 6.51. The predicted octanol–water partition coefficient (Wildman–Crippen LogP) is 3.09. The highest BCUT2D eigenvalue weighted by Crippen LogP contribution is 2.32. The van der Waals surface area contributed by atoms with Crippen LogP contribution in [-0.4, -0.2) is 16.3 Å². The van der Waals surface area contributed by atoms with Gasteiger partial charge in [-0.15, -0.1) is 0 Å². The van der Waals surface area contributed by atoms with E-state index in [0.717, 1.165) is 23.7 Å². The van der Waals surface area contributed by atoms with Crippen molar-refractivity contribution in [2.24, 2.45) is 0 Å². The Kier molecular flexibility index (Phi) is 3.74. The average Bonchev–Trinajstić information content (AvgIpc) is 2.68. The summed E-state index contributed by atoms with van der Waals surface area (Å²) in [4.78, 5) is 1.97. The maximum absolute atomic E-state index is 13.4. The van der Waals surface area contributed by atoms with Gasteiger partial charge in [0.2, 0.25) is 0 Å². The maximum atomic E-state index is 13.4. The molecule has 0 aliphatic rings. The summed E-state index contributed by atoms with van der Waals surface area (Å²) in [5, 5.41) is 4.40. The fraction of sp³-hybridized carbons (Fsp3) is 0.357. The third kappa shape index (κ3) is 2.41. The molecule has 0 radical (unpaired) electrons. The Morgan fingerprint density at radius 3 is 2.68 bits per heavy atom. The number of nitrogens with two attached hydrogens (primary N) is 1. The molecule has 0 spiro atoms. The highest BCUT2D eigenvalue weighted by molar-refractivity contribution is 5.73. The monoisotopic (exact) mass is 262 g/mol. The van der Waals surface area contributed by atoms with Gasteiger partial charge >= 0.3 is 0 Å². The van der Waals surface area contributed by atoms with Gasteiger partial charge in [-0.1, -0.05) is 6.07 Å². The predicted molar refractivity (Wildman–Crippen MR) is 76.1 cm³/mol. The van der Waals surface area contributed by atoms with Crippen LogP contribution in [0.1, 0.15) is 19.5 Å². The second-order valence-electron chi connectivity index (χ2n) is 4.36. The first kappa shape index (κ1) is 13.4. The van der Waals surface area contributed by atoms with Crippen molar-refractivity contribution in [3.8, 4) is 0 Å². The minimum Gasteiger partial charge on any atom is -0.394 e. The van der Waals surface area contributed by atoms with Crippen LogP contribution in [-0.2, 0) is 6.54 Å². The lowest BCUT2D eigenvalue weighted by Gasteiger charge is -2.24. The lowest BCUT2D eigenvalue weighted by molar-refractivity contribution is 0.626. The molecule has 0 amide bonds. The van der Waals surface area contributed by atoms with Crippen LogP contribution < -0.4 is 10.6 Å². The van der Waals surface area contributed by atoms with Crippen molar-refractivity contribution >= 4 is 17.2 Å². The van der Waals surface area contributed by atoms with Gasteiger partial charge in [0.1, 0.15) is 5.82 Å². The molecule has 0 saturated heterocycles. The number of benzene rings is 1. The molecule has 0 aliphatic carbocycles. The summed E-state index contributed by atoms with van der Waals surface area (Å²) in [5.41, 5.74) is 8.34. The van der Waals surface area contributed by atoms with E-state index in [2.05, 4.69) is 5.10 Å². The van der Waals surface area contributed by atoms with Crippen LogP contribution in [0.3, 0.4) is 0 Å². The molecule has 0 aliphatic heterocycles. The molecular formula is C14H19FN4. The molecule has 1 aromatic heterocycles. The van der Waals surface area contributed by atoms with Crippen molar-refractivity contribution in [1.29, 1.82) is 0 Å². The number of aryl methyl sites for hydroxylation is 2. The maximum Gasteiger partial charge on any atom is 0.155 e. The molecule has 2 rings (SSSR count). The van der Waals surface area contributed by atoms with Crippen molar-refractivity contribution in [2.45, 2.75) is 27.3 Å². The zero-order valence-corrected chi connectivity index (χ0v) is 11.5. The second kappa shape index (κ2) is 5.30. The minimum atomic E-state index is -0.256. The van der Waals surface area contributed by atoms with Crippen molar-refractivity contribution in [3.05, 3.63) is 35.8 Å². The number of hydrogen-bond acceptors (Lipinski definition) is 3. The number of halogens is 1. The van der Waals surface area contributed by atoms with E-state index < -0.39 is 0 Å². The van der Waals surface area contributed by atoms with Crippen molar-refractivity contribution in [1.82, 2.24) is 9.78 Å². The number of aromatic nitrogens is 2. The first-order valence-electron chi connectivity index (χ1n) is 6.44. The quantitative estimate of drug-likeness (QED) is 0.921. The van der Waals surface area contributed by atoms with Crippen LogP contribution in [0, 0.1) is 12.7 Å². The first-order valence-corrected chi connectivity index (χ1v) is 6.44. The molecule has 5 heteroatoms. The molecule has 0 atom stereocenters. The lowest BCUT2D eigenvalue weighted by atomic mass is 10.2. The van der Waals surface area contributed by atoms with E-state index >= 15 is 0 Å². The fourth-order valence-corrected chi connectivity index (χ4v) is 2.19. The summed E-state index contributed by atoms with van der Waals surface area (Å²) in [7, 11) is 0. The van der Waals surface area contributed by atoms with E-state index in [-0.39, 0.29) is 5.82 Å². The van der Waals surface area contributed by atoms with E-state index in [4.69, 9.17) is 5.73 Å². The van der Waals surface area contributed by atoms with Gasteiger partial charge in [-0.05, 0) is 39.0 Å². The Morgan fingerprint density at radius 2 is 2.11 bits per heavy atom. The van der Waals surface area contributed by atoms with Crippen LogP contribution in [0.5, 0.6) is 0 Å². The Labute approximate surface area is 112 Å². The third-order valence-electron chi connectivity index (χ3n) is 3.14. The highest BCUT2D eigenvalue weighted by Gasteiger charge is 2.18. The van der Waals surface area contributed by atoms with E-state index in [1.165, 1.54) is 12.1 Å². The molecule has 2 aromatic rings. The third-order valence-corrected chi connectivity index (χ3v) is 3.14. The van der Waals surface area contributed by atoms with Gasteiger partial charge in [0.15, 0.2) is 5.82 Å². The lowest BCUT2D eigenvalue weighted by Crippen LogP contribution is -2.21. The largest absolute Gasteiger partial charge is 0.394 e. The van der Waals surface area contributed by atoms with Gasteiger partial charge in [0.25, 0.3) is 0 Å². The number of nitrogen functional groups attached to an aromatic ring is 1. The Morgan fingerprint density at radius 1 is 1.37 bits per heavy atom. The molecule has 0 saturated carbocycles. The number of nitrogens with zero attached hydrogens (tertiary/aromatic N) is 3. The Hall–Kier alpha value is -2.04. The molecule has 0 bridgehead atoms. The molecule has 19 heavy (non-hydrogen) atoms. The van der Waals surface area contributed by atoms with Gasteiger partial charge < -0.3 is 10.6 Å². The van der Waals surface area contributed by atoms with Crippen LogP contribution in [0.25, 0.3) is 0 Å². The highest BCUT2D eigenvalue weighted by atomic mass is 19.1. The van der Waals surface area contributed by atoms with Crippen molar-refractivity contribution < 1.29 is 4.39 Å². The zero-order valence-electron chi connectivity index (χ0n) is 11.5. The van der Waals surface area contributed by atoms with E-state index in [1.807, 2.05) is 36.4 Å². The minimum absolute atomic E-state index is 0.256. The molecule has 2 N–H and O–H groups in total. The Bertz CT molecular complexity index is 577. The number of rotatable bonds is 4. The van der Waals surface area contributed by atoms with E-state index in [0.29, 0.717) is 12.2 Å². The van der Waals surface area contributed by atoms with E-state index in [1.54, 1.807) is 6.07 Å². The fourth-order valence-electron chi connectivity index (χ4n) is 2.19. The zero-order chi connectivity index (χ0) is 14.0. The summed E-state index contributed by atoms with van der Waals surface area (Å²) in [5.74, 6) is 0.571. The molecule has 0 fully saturated rings. The molecule has 1 aromatic carbocycles. The van der Waals surface area contributed by atoms with Crippen LogP contribution in [0.2, 0.25) is 0 Å². The molecule has 4 nitrogen and oxygen atoms in total. The summed E-state index contributed by atoms with van der Waals surface area (Å²) in [6.07, 6.45) is 0. The van der Waals surface area contributed by atoms with Crippen molar-refractivity contribution in [3.63, 3.8) is 0 Å². The average molecular weight is 262 g/mol. The smallest absolute Gasteiger partial charge is 0.155 e. The first-order chi connectivity index (χ1) is 9.08. The summed E-state index contributed by atoms with van der Waals surface area (Å²) < 4.78 is 15.2. The Balaban J connectivity index is 2.54. The SMILES string of the molecule is CCN(c1cccc(F)c1)c1c(N)c(C)nn1CC. The number of anilines is 3. The van der Waals surface area contributed by atoms with Gasteiger partial charge in [-0.25, -0.2) is 9.07 Å². The van der Waals surface area contributed by atoms with Crippen LogP contribution in [0.15, 0.2) is 24.3 Å². The molecule has 102 valence electrons. The van der Waals surface area contributed by atoms with Gasteiger partial charge in [0.05, 0.1) is 11.4 Å². The number of hydrogen-bond donors (Lipinski definition) is 1. The molecule has 0 unspecified atom stereocenters.